The van der Waals surface area contributed by atoms with Gasteiger partial charge in [-0.05, 0) is 19.1 Å². The van der Waals surface area contributed by atoms with Gasteiger partial charge in [-0.25, -0.2) is 5.06 Å². The molecular formula is C8H13NO6S. The smallest absolute Gasteiger partial charge is 0.372 e. The molecule has 7 nitrogen and oxygen atoms in total. The van der Waals surface area contributed by atoms with Gasteiger partial charge in [0.1, 0.15) is 6.23 Å². The van der Waals surface area contributed by atoms with Crippen molar-refractivity contribution in [1.29, 1.82) is 0 Å². The lowest BCUT2D eigenvalue weighted by molar-refractivity contribution is 0.0796. The molecule has 0 heterocycles. The Morgan fingerprint density at radius 1 is 1.19 bits per heavy atom. The Labute approximate surface area is 93.1 Å². The SMILES string of the molecule is CC(O)N(O)c1ccccc1.O=S(=O)(O)O. The molecule has 0 aromatic heterocycles. The van der Waals surface area contributed by atoms with E-state index in [1.165, 1.54) is 6.92 Å². The first-order valence-electron chi connectivity index (χ1n) is 4.13. The van der Waals surface area contributed by atoms with Crippen molar-refractivity contribution in [3.8, 4) is 0 Å². The molecule has 1 aromatic rings. The third kappa shape index (κ3) is 8.15. The first-order chi connectivity index (χ1) is 7.22. The minimum atomic E-state index is -4.67. The number of aliphatic hydroxyl groups excluding tert-OH is 1. The van der Waals surface area contributed by atoms with Gasteiger partial charge < -0.3 is 5.11 Å². The summed E-state index contributed by atoms with van der Waals surface area (Å²) in [5, 5.41) is 18.9. The molecule has 0 aliphatic carbocycles. The van der Waals surface area contributed by atoms with Crippen LogP contribution in [0.25, 0.3) is 0 Å². The Morgan fingerprint density at radius 3 is 1.88 bits per heavy atom. The van der Waals surface area contributed by atoms with E-state index in [1.54, 1.807) is 24.3 Å². The molecule has 0 fully saturated rings. The summed E-state index contributed by atoms with van der Waals surface area (Å²) in [6.45, 7) is 1.49. The maximum Gasteiger partial charge on any atom is 0.394 e. The second kappa shape index (κ2) is 6.40. The zero-order chi connectivity index (χ0) is 12.8. The zero-order valence-corrected chi connectivity index (χ0v) is 9.24. The minimum Gasteiger partial charge on any atom is -0.372 e. The number of anilines is 1. The molecule has 8 heteroatoms. The van der Waals surface area contributed by atoms with Crippen molar-refractivity contribution >= 4 is 16.1 Å². The Morgan fingerprint density at radius 2 is 1.56 bits per heavy atom. The average molecular weight is 251 g/mol. The first kappa shape index (κ1) is 14.8. The topological polar surface area (TPSA) is 118 Å². The lowest BCUT2D eigenvalue weighted by Crippen LogP contribution is -2.28. The summed E-state index contributed by atoms with van der Waals surface area (Å²) in [4.78, 5) is 0. The maximum absolute atomic E-state index is 9.18. The Bertz CT molecular complexity index is 382. The molecule has 0 saturated heterocycles. The Hall–Kier alpha value is -1.19. The largest absolute Gasteiger partial charge is 0.394 e. The van der Waals surface area contributed by atoms with Gasteiger partial charge in [0.05, 0.1) is 5.69 Å². The van der Waals surface area contributed by atoms with Crippen LogP contribution < -0.4 is 5.06 Å². The van der Waals surface area contributed by atoms with Crippen LogP contribution in [0.1, 0.15) is 6.92 Å². The van der Waals surface area contributed by atoms with E-state index >= 15 is 0 Å². The fraction of sp³-hybridized carbons (Fsp3) is 0.250. The molecular weight excluding hydrogens is 238 g/mol. The van der Waals surface area contributed by atoms with Crippen LogP contribution >= 0.6 is 0 Å². The van der Waals surface area contributed by atoms with Crippen LogP contribution in [0.4, 0.5) is 5.69 Å². The van der Waals surface area contributed by atoms with E-state index in [0.717, 1.165) is 5.06 Å². The van der Waals surface area contributed by atoms with Gasteiger partial charge in [-0.2, -0.15) is 8.42 Å². The normalized spacial score (nSPS) is 12.3. The zero-order valence-electron chi connectivity index (χ0n) is 8.42. The Balaban J connectivity index is 0.000000385. The van der Waals surface area contributed by atoms with E-state index in [0.29, 0.717) is 5.69 Å². The van der Waals surface area contributed by atoms with Crippen molar-refractivity contribution in [2.75, 3.05) is 5.06 Å². The van der Waals surface area contributed by atoms with Crippen LogP contribution in [0.5, 0.6) is 0 Å². The maximum atomic E-state index is 9.18. The van der Waals surface area contributed by atoms with Crippen LogP contribution in [-0.4, -0.2) is 34.1 Å². The lowest BCUT2D eigenvalue weighted by atomic mass is 10.3. The summed E-state index contributed by atoms with van der Waals surface area (Å²) in [6, 6.07) is 8.86. The van der Waals surface area contributed by atoms with E-state index in [4.69, 9.17) is 22.6 Å². The monoisotopic (exact) mass is 251 g/mol. The molecule has 1 rings (SSSR count). The third-order valence-electron chi connectivity index (χ3n) is 1.37. The van der Waals surface area contributed by atoms with Crippen LogP contribution in [0, 0.1) is 0 Å². The predicted molar refractivity (Wildman–Crippen MR) is 56.6 cm³/mol. The van der Waals surface area contributed by atoms with Crippen LogP contribution in [0.3, 0.4) is 0 Å². The highest BCUT2D eigenvalue weighted by atomic mass is 32.3. The van der Waals surface area contributed by atoms with Gasteiger partial charge in [-0.15, -0.1) is 0 Å². The molecule has 16 heavy (non-hydrogen) atoms. The van der Waals surface area contributed by atoms with Crippen molar-refractivity contribution < 1.29 is 27.8 Å². The van der Waals surface area contributed by atoms with Gasteiger partial charge in [-0.1, -0.05) is 18.2 Å². The van der Waals surface area contributed by atoms with E-state index < -0.39 is 16.6 Å². The van der Waals surface area contributed by atoms with Gasteiger partial charge in [-0.3, -0.25) is 14.3 Å². The van der Waals surface area contributed by atoms with E-state index in [1.807, 2.05) is 6.07 Å². The van der Waals surface area contributed by atoms with Crippen molar-refractivity contribution in [2.24, 2.45) is 0 Å². The molecule has 0 bridgehead atoms. The summed E-state index contributed by atoms with van der Waals surface area (Å²) < 4.78 is 31.6. The first-order valence-corrected chi connectivity index (χ1v) is 5.52. The van der Waals surface area contributed by atoms with Gasteiger partial charge in [0.25, 0.3) is 0 Å². The molecule has 92 valence electrons. The molecule has 0 radical (unpaired) electrons. The van der Waals surface area contributed by atoms with Crippen molar-refractivity contribution in [3.05, 3.63) is 30.3 Å². The lowest BCUT2D eigenvalue weighted by Gasteiger charge is -2.19. The molecule has 0 aliphatic heterocycles. The predicted octanol–water partition coefficient (Wildman–Crippen LogP) is 0.568. The standard InChI is InChI=1S/C8H11NO2.H2O4S/c1-7(10)9(11)8-5-3-2-4-6-8;1-5(2,3)4/h2-7,10-11H,1H3;(H2,1,2,3,4). The minimum absolute atomic E-state index is 0.586. The highest BCUT2D eigenvalue weighted by Crippen LogP contribution is 2.11. The molecule has 1 aromatic carbocycles. The summed E-state index contributed by atoms with van der Waals surface area (Å²) >= 11 is 0. The number of hydrogen-bond acceptors (Lipinski definition) is 5. The van der Waals surface area contributed by atoms with Gasteiger partial charge in [0.15, 0.2) is 0 Å². The second-order valence-electron chi connectivity index (χ2n) is 2.76. The highest BCUT2D eigenvalue weighted by Gasteiger charge is 2.06. The molecule has 0 saturated carbocycles. The summed E-state index contributed by atoms with van der Waals surface area (Å²) in [7, 11) is -4.67. The summed E-state index contributed by atoms with van der Waals surface area (Å²) in [5.74, 6) is 0. The molecule has 0 spiro atoms. The average Bonchev–Trinajstić information content (AvgIpc) is 2.15. The number of nitrogens with zero attached hydrogens (tertiary/aromatic N) is 1. The fourth-order valence-corrected chi connectivity index (χ4v) is 0.796. The molecule has 1 unspecified atom stereocenters. The molecule has 4 N–H and O–H groups in total. The van der Waals surface area contributed by atoms with Crippen LogP contribution in [-0.2, 0) is 10.4 Å². The van der Waals surface area contributed by atoms with Crippen LogP contribution in [0.15, 0.2) is 30.3 Å². The quantitative estimate of drug-likeness (QED) is 0.344. The molecule has 1 atom stereocenters. The van der Waals surface area contributed by atoms with E-state index in [2.05, 4.69) is 0 Å². The fourth-order valence-electron chi connectivity index (χ4n) is 0.796. The number of para-hydroxylation sites is 1. The molecule has 0 aliphatic rings. The van der Waals surface area contributed by atoms with Crippen molar-refractivity contribution in [1.82, 2.24) is 0 Å². The second-order valence-corrected chi connectivity index (χ2v) is 3.66. The van der Waals surface area contributed by atoms with E-state index in [-0.39, 0.29) is 0 Å². The Kier molecular flexibility index (Phi) is 5.93. The summed E-state index contributed by atoms with van der Waals surface area (Å²) in [5.41, 5.74) is 0.586. The highest BCUT2D eigenvalue weighted by molar-refractivity contribution is 7.79. The van der Waals surface area contributed by atoms with Gasteiger partial charge in [0.2, 0.25) is 0 Å². The van der Waals surface area contributed by atoms with Gasteiger partial charge in [0, 0.05) is 0 Å². The third-order valence-corrected chi connectivity index (χ3v) is 1.37. The summed E-state index contributed by atoms with van der Waals surface area (Å²) in [6.07, 6.45) is -0.877. The number of aliphatic hydroxyl groups is 1. The molecule has 0 amide bonds. The van der Waals surface area contributed by atoms with Crippen molar-refractivity contribution in [2.45, 2.75) is 13.2 Å². The van der Waals surface area contributed by atoms with E-state index in [9.17, 15) is 5.21 Å². The van der Waals surface area contributed by atoms with Gasteiger partial charge >= 0.3 is 10.4 Å². The number of rotatable bonds is 2. The number of benzene rings is 1. The van der Waals surface area contributed by atoms with Crippen LogP contribution in [0.2, 0.25) is 0 Å². The van der Waals surface area contributed by atoms with Crippen molar-refractivity contribution in [3.63, 3.8) is 0 Å². The number of hydroxylamine groups is 1. The number of hydrogen-bond donors (Lipinski definition) is 4.